The number of sulfonamides is 1. The van der Waals surface area contributed by atoms with Gasteiger partial charge < -0.3 is 5.73 Å². The van der Waals surface area contributed by atoms with Gasteiger partial charge in [-0.25, -0.2) is 13.1 Å². The summed E-state index contributed by atoms with van der Waals surface area (Å²) in [5, 5.41) is 0. The summed E-state index contributed by atoms with van der Waals surface area (Å²) < 4.78 is 28.9. The Morgan fingerprint density at radius 3 is 1.78 bits per heavy atom. The van der Waals surface area contributed by atoms with Crippen molar-refractivity contribution in [2.24, 2.45) is 5.73 Å². The van der Waals surface area contributed by atoms with E-state index in [0.29, 0.717) is 17.9 Å². The molecule has 3 aromatic carbocycles. The predicted octanol–water partition coefficient (Wildman–Crippen LogP) is 6.50. The van der Waals surface area contributed by atoms with E-state index in [1.165, 1.54) is 5.56 Å². The second kappa shape index (κ2) is 15.3. The van der Waals surface area contributed by atoms with E-state index in [1.54, 1.807) is 24.3 Å². The number of aryl methyl sites for hydroxylation is 1. The van der Waals surface area contributed by atoms with Gasteiger partial charge in [-0.2, -0.15) is 0 Å². The Morgan fingerprint density at radius 2 is 1.31 bits per heavy atom. The Morgan fingerprint density at radius 1 is 0.812 bits per heavy atom. The molecule has 4 nitrogen and oxygen atoms in total. The molecule has 0 saturated heterocycles. The summed E-state index contributed by atoms with van der Waals surface area (Å²) in [6.45, 7) is 3.03. The minimum Gasteiger partial charge on any atom is -0.330 e. The molecule has 0 amide bonds. The zero-order valence-corrected chi connectivity index (χ0v) is 20.8. The van der Waals surface area contributed by atoms with Gasteiger partial charge in [-0.1, -0.05) is 88.7 Å². The summed E-state index contributed by atoms with van der Waals surface area (Å²) >= 11 is 6.79. The van der Waals surface area contributed by atoms with Gasteiger partial charge in [-0.05, 0) is 73.8 Å². The molecule has 0 saturated carbocycles. The van der Waals surface area contributed by atoms with Crippen LogP contribution in [0.5, 0.6) is 0 Å². The number of rotatable bonds is 7. The maximum absolute atomic E-state index is 12.1. The van der Waals surface area contributed by atoms with Gasteiger partial charge in [-0.3, -0.25) is 0 Å². The number of nitrogens with one attached hydrogen (secondary N) is 1. The third-order valence-electron chi connectivity index (χ3n) is 4.25. The third kappa shape index (κ3) is 10.9. The molecule has 0 heterocycles. The van der Waals surface area contributed by atoms with Crippen molar-refractivity contribution >= 4 is 41.9 Å². The highest BCUT2D eigenvalue weighted by atomic mass is 79.9. The van der Waals surface area contributed by atoms with Crippen LogP contribution in [0.15, 0.2) is 86.6 Å². The fourth-order valence-electron chi connectivity index (χ4n) is 2.68. The average molecular weight is 586 g/mol. The maximum Gasteiger partial charge on any atom is 0.240 e. The minimum atomic E-state index is -3.42. The van der Waals surface area contributed by atoms with Crippen LogP contribution in [-0.4, -0.2) is 21.5 Å². The smallest absolute Gasteiger partial charge is 0.240 e. The van der Waals surface area contributed by atoms with Crippen molar-refractivity contribution < 1.29 is 8.42 Å². The zero-order chi connectivity index (χ0) is 22.0. The highest BCUT2D eigenvalue weighted by molar-refractivity contribution is 9.10. The van der Waals surface area contributed by atoms with E-state index in [0.717, 1.165) is 33.0 Å². The summed E-state index contributed by atoms with van der Waals surface area (Å²) in [4.78, 5) is 0.303. The van der Waals surface area contributed by atoms with E-state index in [-0.39, 0.29) is 14.9 Å². The van der Waals surface area contributed by atoms with E-state index >= 15 is 0 Å². The second-order valence-corrected chi connectivity index (χ2v) is 10.4. The summed E-state index contributed by atoms with van der Waals surface area (Å²) in [5.41, 5.74) is 8.81. The van der Waals surface area contributed by atoms with Crippen molar-refractivity contribution in [3.63, 3.8) is 0 Å². The number of nitrogens with two attached hydrogens (primary N) is 1. The molecule has 0 bridgehead atoms. The first-order valence-corrected chi connectivity index (χ1v) is 12.6. The van der Waals surface area contributed by atoms with Gasteiger partial charge >= 0.3 is 0 Å². The highest BCUT2D eigenvalue weighted by Crippen LogP contribution is 2.13. The van der Waals surface area contributed by atoms with Gasteiger partial charge in [-0.15, -0.1) is 0 Å². The summed E-state index contributed by atoms with van der Waals surface area (Å²) in [6.07, 6.45) is 1.62. The normalized spacial score (nSPS) is 10.2. The van der Waals surface area contributed by atoms with Crippen LogP contribution in [0.2, 0.25) is 0 Å². The van der Waals surface area contributed by atoms with Crippen molar-refractivity contribution in [3.05, 3.63) is 98.4 Å². The summed E-state index contributed by atoms with van der Waals surface area (Å²) in [7, 11) is -3.42. The Balaban J connectivity index is 0.000000683. The quantitative estimate of drug-likeness (QED) is 0.332. The third-order valence-corrected chi connectivity index (χ3v) is 6.71. The lowest BCUT2D eigenvalue weighted by molar-refractivity contribution is 0.581. The number of benzene rings is 3. The molecule has 0 aliphatic heterocycles. The topological polar surface area (TPSA) is 72.2 Å². The molecule has 0 atom stereocenters. The highest BCUT2D eigenvalue weighted by Gasteiger charge is 2.12. The molecule has 3 rings (SSSR count). The van der Waals surface area contributed by atoms with Gasteiger partial charge in [0.25, 0.3) is 0 Å². The Kier molecular flexibility index (Phi) is 14.6. The second-order valence-electron chi connectivity index (χ2n) is 6.76. The number of hydrogen-bond donors (Lipinski definition) is 2. The molecular formula is C25H34Br2N2O2S. The van der Waals surface area contributed by atoms with Crippen LogP contribution in [0.4, 0.5) is 0 Å². The minimum absolute atomic E-state index is 0. The maximum atomic E-state index is 12.1. The SMILES string of the molecule is C.C.Cc1ccc(S(=O)(=O)NCCc2cccc(Br)c2)cc1.NCCc1cccc(Br)c1. The molecule has 0 unspecified atom stereocenters. The summed E-state index contributed by atoms with van der Waals surface area (Å²) in [5.74, 6) is 0. The van der Waals surface area contributed by atoms with Crippen molar-refractivity contribution in [3.8, 4) is 0 Å². The lowest BCUT2D eigenvalue weighted by Gasteiger charge is -2.07. The summed E-state index contributed by atoms with van der Waals surface area (Å²) in [6, 6.07) is 22.9. The van der Waals surface area contributed by atoms with E-state index < -0.39 is 10.0 Å². The number of hydrogen-bond acceptors (Lipinski definition) is 3. The standard InChI is InChI=1S/C15H16BrNO2S.C8H10BrN.2CH4/c1-12-5-7-15(8-6-12)20(18,19)17-10-9-13-3-2-4-14(16)11-13;9-8-3-1-2-7(6-8)4-5-10;;/h2-8,11,17H,9-10H2,1H3;1-3,6H,4-5,10H2;2*1H4. The van der Waals surface area contributed by atoms with E-state index in [2.05, 4.69) is 48.7 Å². The largest absolute Gasteiger partial charge is 0.330 e. The first-order valence-electron chi connectivity index (χ1n) is 9.55. The first kappa shape index (κ1) is 30.5. The molecule has 0 aliphatic rings. The van der Waals surface area contributed by atoms with Crippen LogP contribution in [-0.2, 0) is 22.9 Å². The molecule has 7 heteroatoms. The lowest BCUT2D eigenvalue weighted by atomic mass is 10.2. The van der Waals surface area contributed by atoms with Gasteiger partial charge in [0.2, 0.25) is 10.0 Å². The molecule has 176 valence electrons. The van der Waals surface area contributed by atoms with Crippen LogP contribution in [0.1, 0.15) is 31.5 Å². The van der Waals surface area contributed by atoms with Gasteiger partial charge in [0.1, 0.15) is 0 Å². The Bertz CT molecular complexity index is 1040. The van der Waals surface area contributed by atoms with Crippen molar-refractivity contribution in [1.29, 1.82) is 0 Å². The van der Waals surface area contributed by atoms with Gasteiger partial charge in [0, 0.05) is 15.5 Å². The predicted molar refractivity (Wildman–Crippen MR) is 145 cm³/mol. The Hall–Kier alpha value is -1.51. The van der Waals surface area contributed by atoms with E-state index in [9.17, 15) is 8.42 Å². The van der Waals surface area contributed by atoms with Crippen LogP contribution in [0.25, 0.3) is 0 Å². The van der Waals surface area contributed by atoms with Crippen molar-refractivity contribution in [1.82, 2.24) is 4.72 Å². The molecular weight excluding hydrogens is 552 g/mol. The molecule has 0 aliphatic carbocycles. The van der Waals surface area contributed by atoms with E-state index in [1.807, 2.05) is 43.3 Å². The van der Waals surface area contributed by atoms with Gasteiger partial charge in [0.05, 0.1) is 4.90 Å². The monoisotopic (exact) mass is 584 g/mol. The molecule has 0 fully saturated rings. The van der Waals surface area contributed by atoms with Crippen LogP contribution in [0.3, 0.4) is 0 Å². The van der Waals surface area contributed by atoms with Crippen LogP contribution in [0, 0.1) is 6.92 Å². The fraction of sp³-hybridized carbons (Fsp3) is 0.280. The molecule has 0 aromatic heterocycles. The van der Waals surface area contributed by atoms with Gasteiger partial charge in [0.15, 0.2) is 0 Å². The molecule has 3 aromatic rings. The zero-order valence-electron chi connectivity index (χ0n) is 16.8. The average Bonchev–Trinajstić information content (AvgIpc) is 2.69. The molecule has 0 spiro atoms. The van der Waals surface area contributed by atoms with Crippen LogP contribution >= 0.6 is 31.9 Å². The molecule has 3 N–H and O–H groups in total. The van der Waals surface area contributed by atoms with Crippen LogP contribution < -0.4 is 10.5 Å². The Labute approximate surface area is 211 Å². The molecule has 0 radical (unpaired) electrons. The number of halogens is 2. The first-order chi connectivity index (χ1) is 14.3. The van der Waals surface area contributed by atoms with E-state index in [4.69, 9.17) is 5.73 Å². The van der Waals surface area contributed by atoms with Crippen molar-refractivity contribution in [2.75, 3.05) is 13.1 Å². The fourth-order valence-corrected chi connectivity index (χ4v) is 4.61. The lowest BCUT2D eigenvalue weighted by Crippen LogP contribution is -2.25. The molecule has 32 heavy (non-hydrogen) atoms. The van der Waals surface area contributed by atoms with Crippen molar-refractivity contribution in [2.45, 2.75) is 39.5 Å².